The molecule has 0 saturated heterocycles. The zero-order valence-electron chi connectivity index (χ0n) is 18.6. The Labute approximate surface area is 211 Å². The zero-order valence-corrected chi connectivity index (χ0v) is 22.5. The van der Waals surface area contributed by atoms with Crippen LogP contribution in [-0.2, 0) is 19.7 Å². The summed E-state index contributed by atoms with van der Waals surface area (Å²) in [6.45, 7) is 5.76. The molecule has 0 amide bonds. The third-order valence-corrected chi connectivity index (χ3v) is 9.54. The largest absolute Gasteiger partial charge is 0.492 e. The predicted molar refractivity (Wildman–Crippen MR) is 133 cm³/mol. The van der Waals surface area contributed by atoms with E-state index in [0.29, 0.717) is 18.2 Å². The molecule has 0 bridgehead atoms. The van der Waals surface area contributed by atoms with Gasteiger partial charge < -0.3 is 9.47 Å². The Morgan fingerprint density at radius 2 is 1.27 bits per heavy atom. The van der Waals surface area contributed by atoms with E-state index >= 15 is 0 Å². The second kappa shape index (κ2) is 12.0. The van der Waals surface area contributed by atoms with E-state index in [4.69, 9.17) is 44.3 Å². The van der Waals surface area contributed by atoms with Gasteiger partial charge in [-0.1, -0.05) is 44.0 Å². The summed E-state index contributed by atoms with van der Waals surface area (Å²) in [7, 11) is -7.02. The monoisotopic (exact) mass is 556 g/mol. The summed E-state index contributed by atoms with van der Waals surface area (Å²) in [5.74, 6) is 1.01. The fourth-order valence-corrected chi connectivity index (χ4v) is 5.98. The minimum absolute atomic E-state index is 0.00115. The average molecular weight is 558 g/mol. The molecule has 2 aromatic carbocycles. The van der Waals surface area contributed by atoms with Crippen LogP contribution in [0, 0.1) is 11.8 Å². The van der Waals surface area contributed by atoms with Crippen molar-refractivity contribution in [2.75, 3.05) is 30.6 Å². The van der Waals surface area contributed by atoms with Gasteiger partial charge in [-0.3, -0.25) is 0 Å². The van der Waals surface area contributed by atoms with Crippen LogP contribution in [0.25, 0.3) is 0 Å². The maximum Gasteiger partial charge on any atom is 0.206 e. The molecule has 0 aromatic heterocycles. The van der Waals surface area contributed by atoms with Crippen molar-refractivity contribution in [3.63, 3.8) is 0 Å². The fourth-order valence-electron chi connectivity index (χ4n) is 2.78. The van der Waals surface area contributed by atoms with Crippen LogP contribution >= 0.6 is 34.8 Å². The smallest absolute Gasteiger partial charge is 0.206 e. The highest BCUT2D eigenvalue weighted by Gasteiger charge is 2.21. The lowest BCUT2D eigenvalue weighted by Gasteiger charge is -2.15. The summed E-state index contributed by atoms with van der Waals surface area (Å²) in [4.78, 5) is -0.0321. The molecule has 0 aliphatic heterocycles. The van der Waals surface area contributed by atoms with E-state index in [1.54, 1.807) is 13.8 Å². The minimum atomic E-state index is -3.89. The molecule has 0 heterocycles. The van der Waals surface area contributed by atoms with Crippen molar-refractivity contribution in [1.82, 2.24) is 0 Å². The van der Waals surface area contributed by atoms with Crippen LogP contribution < -0.4 is 9.47 Å². The van der Waals surface area contributed by atoms with Gasteiger partial charge in [-0.2, -0.15) is 0 Å². The number of benzene rings is 2. The molecule has 33 heavy (non-hydrogen) atoms. The lowest BCUT2D eigenvalue weighted by molar-refractivity contribution is 0.272. The predicted octanol–water partition coefficient (Wildman–Crippen LogP) is 5.53. The molecule has 0 saturated carbocycles. The molecule has 11 heteroatoms. The Morgan fingerprint density at radius 3 is 1.67 bits per heavy atom. The van der Waals surface area contributed by atoms with Crippen molar-refractivity contribution in [3.05, 3.63) is 46.4 Å². The molecule has 184 valence electrons. The van der Waals surface area contributed by atoms with Gasteiger partial charge in [0.2, 0.25) is 9.84 Å². The van der Waals surface area contributed by atoms with Crippen LogP contribution in [0.2, 0.25) is 10.0 Å². The third-order valence-electron chi connectivity index (χ3n) is 4.72. The molecule has 2 aromatic rings. The molecular weight excluding hydrogens is 531 g/mol. The van der Waals surface area contributed by atoms with E-state index in [2.05, 4.69) is 0 Å². The van der Waals surface area contributed by atoms with E-state index in [9.17, 15) is 16.8 Å². The SMILES string of the molecule is CCS(=O)(=O)CC(C)COc1ccc(S(=O)(=O)c2ccc(OCC(C)CCl)c(Cl)c2)cc1Cl. The first-order valence-electron chi connectivity index (χ1n) is 10.3. The Kier molecular flexibility index (Phi) is 10.2. The number of alkyl halides is 1. The number of ether oxygens (including phenoxy) is 2. The lowest BCUT2D eigenvalue weighted by atomic mass is 10.2. The highest BCUT2D eigenvalue weighted by molar-refractivity contribution is 7.91. The molecule has 0 fully saturated rings. The summed E-state index contributed by atoms with van der Waals surface area (Å²) >= 11 is 18.2. The number of rotatable bonds is 12. The van der Waals surface area contributed by atoms with Crippen molar-refractivity contribution >= 4 is 54.5 Å². The standard InChI is InChI=1S/C22H27Cl3O6S2/c1-4-32(26,27)14-16(3)13-31-22-8-6-18(10-20(22)25)33(28,29)17-5-7-21(19(24)9-17)30-12-15(2)11-23/h5-10,15-16H,4,11-14H2,1-3H3. The lowest BCUT2D eigenvalue weighted by Crippen LogP contribution is -2.20. The molecule has 2 rings (SSSR count). The van der Waals surface area contributed by atoms with Crippen LogP contribution in [0.4, 0.5) is 0 Å². The maximum atomic E-state index is 13.0. The summed E-state index contributed by atoms with van der Waals surface area (Å²) < 4.78 is 60.8. The van der Waals surface area contributed by atoms with Gasteiger partial charge in [-0.15, -0.1) is 11.6 Å². The fraction of sp³-hybridized carbons (Fsp3) is 0.455. The van der Waals surface area contributed by atoms with Gasteiger partial charge in [-0.25, -0.2) is 16.8 Å². The number of hydrogen-bond acceptors (Lipinski definition) is 6. The maximum absolute atomic E-state index is 13.0. The molecule has 0 spiro atoms. The van der Waals surface area contributed by atoms with Gasteiger partial charge in [-0.05, 0) is 36.4 Å². The first-order valence-corrected chi connectivity index (χ1v) is 14.8. The summed E-state index contributed by atoms with van der Waals surface area (Å²) in [6, 6.07) is 8.36. The second-order valence-corrected chi connectivity index (χ2v) is 13.3. The average Bonchev–Trinajstić information content (AvgIpc) is 2.76. The van der Waals surface area contributed by atoms with E-state index in [1.165, 1.54) is 36.4 Å². The van der Waals surface area contributed by atoms with Crippen molar-refractivity contribution in [2.24, 2.45) is 11.8 Å². The van der Waals surface area contributed by atoms with E-state index in [-0.39, 0.29) is 55.5 Å². The van der Waals surface area contributed by atoms with Crippen LogP contribution in [-0.4, -0.2) is 47.4 Å². The topological polar surface area (TPSA) is 86.7 Å². The minimum Gasteiger partial charge on any atom is -0.492 e. The normalized spacial score (nSPS) is 14.0. The van der Waals surface area contributed by atoms with Gasteiger partial charge in [0.25, 0.3) is 0 Å². The molecule has 0 aliphatic carbocycles. The van der Waals surface area contributed by atoms with E-state index in [0.717, 1.165) is 0 Å². The van der Waals surface area contributed by atoms with Gasteiger partial charge in [0.15, 0.2) is 0 Å². The Hall–Kier alpha value is -1.19. The molecule has 2 unspecified atom stereocenters. The molecule has 0 aliphatic rings. The molecule has 0 N–H and O–H groups in total. The van der Waals surface area contributed by atoms with Crippen molar-refractivity contribution in [3.8, 4) is 11.5 Å². The first-order chi connectivity index (χ1) is 15.4. The van der Waals surface area contributed by atoms with Crippen molar-refractivity contribution in [1.29, 1.82) is 0 Å². The summed E-state index contributed by atoms with van der Waals surface area (Å²) in [5.41, 5.74) is 0. The molecule has 2 atom stereocenters. The van der Waals surface area contributed by atoms with Crippen LogP contribution in [0.1, 0.15) is 20.8 Å². The molecular formula is C22H27Cl3O6S2. The highest BCUT2D eigenvalue weighted by atomic mass is 35.5. The Morgan fingerprint density at radius 1 is 0.818 bits per heavy atom. The van der Waals surface area contributed by atoms with Gasteiger partial charge in [0.05, 0.1) is 38.8 Å². The van der Waals surface area contributed by atoms with Crippen LogP contribution in [0.5, 0.6) is 11.5 Å². The number of sulfone groups is 2. The van der Waals surface area contributed by atoms with E-state index < -0.39 is 19.7 Å². The molecule has 0 radical (unpaired) electrons. The van der Waals surface area contributed by atoms with E-state index in [1.807, 2.05) is 6.92 Å². The van der Waals surface area contributed by atoms with Gasteiger partial charge in [0.1, 0.15) is 21.3 Å². The van der Waals surface area contributed by atoms with Crippen LogP contribution in [0.3, 0.4) is 0 Å². The highest BCUT2D eigenvalue weighted by Crippen LogP contribution is 2.33. The Balaban J connectivity index is 2.15. The van der Waals surface area contributed by atoms with Crippen molar-refractivity contribution in [2.45, 2.75) is 30.6 Å². The molecule has 6 nitrogen and oxygen atoms in total. The first kappa shape index (κ1) is 28.1. The quantitative estimate of drug-likeness (QED) is 0.319. The number of halogens is 3. The Bertz CT molecular complexity index is 1170. The zero-order chi connectivity index (χ0) is 24.8. The summed E-state index contributed by atoms with van der Waals surface area (Å²) in [5, 5.41) is 0.266. The van der Waals surface area contributed by atoms with Gasteiger partial charge >= 0.3 is 0 Å². The second-order valence-electron chi connectivity index (χ2n) is 7.87. The van der Waals surface area contributed by atoms with Crippen LogP contribution in [0.15, 0.2) is 46.2 Å². The van der Waals surface area contributed by atoms with Crippen molar-refractivity contribution < 1.29 is 26.3 Å². The van der Waals surface area contributed by atoms with Gasteiger partial charge in [0, 0.05) is 23.5 Å². The number of hydrogen-bond donors (Lipinski definition) is 0. The third kappa shape index (κ3) is 7.92. The summed E-state index contributed by atoms with van der Waals surface area (Å²) in [6.07, 6.45) is 0.